The third-order valence-electron chi connectivity index (χ3n) is 2.67. The van der Waals surface area contributed by atoms with Crippen LogP contribution in [0.2, 0.25) is 0 Å². The second kappa shape index (κ2) is 4.99. The second-order valence-electron chi connectivity index (χ2n) is 4.00. The molecule has 1 aliphatic rings. The van der Waals surface area contributed by atoms with Gasteiger partial charge in [-0.15, -0.1) is 0 Å². The molecule has 1 aromatic carbocycles. The number of nitrogens with one attached hydrogen (secondary N) is 1. The predicted octanol–water partition coefficient (Wildman–Crippen LogP) is 3.35. The number of hydrogen-bond donors (Lipinski definition) is 1. The third kappa shape index (κ3) is 2.95. The van der Waals surface area contributed by atoms with Crippen molar-refractivity contribution < 1.29 is 4.74 Å². The fourth-order valence-corrected chi connectivity index (χ4v) is 2.43. The van der Waals surface area contributed by atoms with Crippen molar-refractivity contribution >= 4 is 21.6 Å². The molecule has 0 saturated carbocycles. The Hall–Kier alpha value is -0.540. The molecule has 3 heteroatoms. The average Bonchev–Trinajstić information content (AvgIpc) is 2.69. The van der Waals surface area contributed by atoms with Gasteiger partial charge in [0.2, 0.25) is 0 Å². The van der Waals surface area contributed by atoms with Crippen molar-refractivity contribution in [2.24, 2.45) is 0 Å². The SMILES string of the molecule is Cc1ccc(NCC2CCCO2)c(Br)c1. The molecule has 0 aliphatic carbocycles. The first-order valence-electron chi connectivity index (χ1n) is 5.37. The smallest absolute Gasteiger partial charge is 0.0748 e. The summed E-state index contributed by atoms with van der Waals surface area (Å²) in [5, 5.41) is 3.41. The summed E-state index contributed by atoms with van der Waals surface area (Å²) in [5.74, 6) is 0. The summed E-state index contributed by atoms with van der Waals surface area (Å²) >= 11 is 3.55. The minimum atomic E-state index is 0.387. The van der Waals surface area contributed by atoms with Gasteiger partial charge in [-0.05, 0) is 53.4 Å². The molecule has 15 heavy (non-hydrogen) atoms. The van der Waals surface area contributed by atoms with Crippen LogP contribution in [-0.4, -0.2) is 19.3 Å². The first-order valence-corrected chi connectivity index (χ1v) is 6.16. The quantitative estimate of drug-likeness (QED) is 0.909. The van der Waals surface area contributed by atoms with Crippen molar-refractivity contribution in [2.45, 2.75) is 25.9 Å². The number of ether oxygens (including phenoxy) is 1. The average molecular weight is 270 g/mol. The topological polar surface area (TPSA) is 21.3 Å². The Balaban J connectivity index is 1.92. The van der Waals surface area contributed by atoms with Gasteiger partial charge >= 0.3 is 0 Å². The van der Waals surface area contributed by atoms with Gasteiger partial charge in [-0.3, -0.25) is 0 Å². The summed E-state index contributed by atoms with van der Waals surface area (Å²) in [7, 11) is 0. The van der Waals surface area contributed by atoms with E-state index in [1.807, 2.05) is 0 Å². The first-order chi connectivity index (χ1) is 7.25. The molecule has 2 nitrogen and oxygen atoms in total. The van der Waals surface area contributed by atoms with Gasteiger partial charge in [-0.25, -0.2) is 0 Å². The molecule has 1 unspecified atom stereocenters. The number of rotatable bonds is 3. The van der Waals surface area contributed by atoms with E-state index in [9.17, 15) is 0 Å². The fraction of sp³-hybridized carbons (Fsp3) is 0.500. The zero-order valence-electron chi connectivity index (χ0n) is 8.92. The molecule has 0 amide bonds. The molecule has 2 rings (SSSR count). The van der Waals surface area contributed by atoms with Crippen LogP contribution in [0.4, 0.5) is 5.69 Å². The van der Waals surface area contributed by atoms with E-state index in [0.717, 1.165) is 23.3 Å². The minimum absolute atomic E-state index is 0.387. The van der Waals surface area contributed by atoms with E-state index < -0.39 is 0 Å². The van der Waals surface area contributed by atoms with E-state index >= 15 is 0 Å². The van der Waals surface area contributed by atoms with Crippen molar-refractivity contribution in [3.05, 3.63) is 28.2 Å². The van der Waals surface area contributed by atoms with E-state index in [-0.39, 0.29) is 0 Å². The van der Waals surface area contributed by atoms with Crippen molar-refractivity contribution in [2.75, 3.05) is 18.5 Å². The molecule has 1 aliphatic heterocycles. The number of aryl methyl sites for hydroxylation is 1. The Kier molecular flexibility index (Phi) is 3.65. The minimum Gasteiger partial charge on any atom is -0.382 e. The molecule has 0 bridgehead atoms. The molecule has 1 saturated heterocycles. The molecule has 0 aromatic heterocycles. The fourth-order valence-electron chi connectivity index (χ4n) is 1.79. The summed E-state index contributed by atoms with van der Waals surface area (Å²) in [5.41, 5.74) is 2.42. The van der Waals surface area contributed by atoms with Gasteiger partial charge in [0.1, 0.15) is 0 Å². The molecule has 0 spiro atoms. The molecule has 1 N–H and O–H groups in total. The standard InChI is InChI=1S/C12H16BrNO/c1-9-4-5-12(11(13)7-9)14-8-10-3-2-6-15-10/h4-5,7,10,14H,2-3,6,8H2,1H3. The molecule has 1 atom stereocenters. The highest BCUT2D eigenvalue weighted by atomic mass is 79.9. The lowest BCUT2D eigenvalue weighted by Gasteiger charge is -2.13. The summed E-state index contributed by atoms with van der Waals surface area (Å²) in [6.07, 6.45) is 2.76. The Morgan fingerprint density at radius 3 is 3.07 bits per heavy atom. The van der Waals surface area contributed by atoms with Crippen LogP contribution in [0.15, 0.2) is 22.7 Å². The highest BCUT2D eigenvalue weighted by Crippen LogP contribution is 2.24. The second-order valence-corrected chi connectivity index (χ2v) is 4.85. The monoisotopic (exact) mass is 269 g/mol. The highest BCUT2D eigenvalue weighted by molar-refractivity contribution is 9.10. The Labute approximate surface area is 99.1 Å². The van der Waals surface area contributed by atoms with E-state index in [1.54, 1.807) is 0 Å². The van der Waals surface area contributed by atoms with Gasteiger partial charge in [0.15, 0.2) is 0 Å². The van der Waals surface area contributed by atoms with Crippen molar-refractivity contribution in [1.29, 1.82) is 0 Å². The number of benzene rings is 1. The zero-order chi connectivity index (χ0) is 10.7. The lowest BCUT2D eigenvalue weighted by molar-refractivity contribution is 0.120. The molecule has 1 heterocycles. The van der Waals surface area contributed by atoms with Crippen LogP contribution >= 0.6 is 15.9 Å². The van der Waals surface area contributed by atoms with Gasteiger partial charge < -0.3 is 10.1 Å². The zero-order valence-corrected chi connectivity index (χ0v) is 10.5. The van der Waals surface area contributed by atoms with Crippen molar-refractivity contribution in [3.8, 4) is 0 Å². The van der Waals surface area contributed by atoms with E-state index in [0.29, 0.717) is 6.10 Å². The van der Waals surface area contributed by atoms with Crippen LogP contribution in [0.25, 0.3) is 0 Å². The molecule has 0 radical (unpaired) electrons. The molecule has 1 fully saturated rings. The van der Waals surface area contributed by atoms with Gasteiger partial charge in [0, 0.05) is 23.3 Å². The van der Waals surface area contributed by atoms with Gasteiger partial charge in [-0.2, -0.15) is 0 Å². The lowest BCUT2D eigenvalue weighted by atomic mass is 10.2. The van der Waals surface area contributed by atoms with Crippen LogP contribution < -0.4 is 5.32 Å². The van der Waals surface area contributed by atoms with Gasteiger partial charge in [0.05, 0.1) is 6.10 Å². The largest absolute Gasteiger partial charge is 0.382 e. The maximum Gasteiger partial charge on any atom is 0.0748 e. The lowest BCUT2D eigenvalue weighted by Crippen LogP contribution is -2.18. The normalized spacial score (nSPS) is 20.5. The molecule has 82 valence electrons. The Morgan fingerprint density at radius 1 is 1.53 bits per heavy atom. The van der Waals surface area contributed by atoms with E-state index in [1.165, 1.54) is 18.4 Å². The van der Waals surface area contributed by atoms with E-state index in [4.69, 9.17) is 4.74 Å². The van der Waals surface area contributed by atoms with Crippen LogP contribution in [0.5, 0.6) is 0 Å². The number of hydrogen-bond acceptors (Lipinski definition) is 2. The molecular weight excluding hydrogens is 254 g/mol. The Morgan fingerprint density at radius 2 is 2.40 bits per heavy atom. The van der Waals surface area contributed by atoms with Gasteiger partial charge in [-0.1, -0.05) is 6.07 Å². The van der Waals surface area contributed by atoms with Gasteiger partial charge in [0.25, 0.3) is 0 Å². The summed E-state index contributed by atoms with van der Waals surface area (Å²) in [6, 6.07) is 6.34. The molecular formula is C12H16BrNO. The predicted molar refractivity (Wildman–Crippen MR) is 66.3 cm³/mol. The Bertz CT molecular complexity index is 334. The molecule has 1 aromatic rings. The first kappa shape index (κ1) is 11.0. The van der Waals surface area contributed by atoms with Crippen molar-refractivity contribution in [3.63, 3.8) is 0 Å². The van der Waals surface area contributed by atoms with E-state index in [2.05, 4.69) is 46.4 Å². The van der Waals surface area contributed by atoms with Crippen LogP contribution in [0.3, 0.4) is 0 Å². The van der Waals surface area contributed by atoms with Crippen LogP contribution in [0.1, 0.15) is 18.4 Å². The summed E-state index contributed by atoms with van der Waals surface area (Å²) < 4.78 is 6.69. The van der Waals surface area contributed by atoms with Crippen LogP contribution in [0, 0.1) is 6.92 Å². The maximum atomic E-state index is 5.56. The van der Waals surface area contributed by atoms with Crippen LogP contribution in [-0.2, 0) is 4.74 Å². The van der Waals surface area contributed by atoms with Crippen molar-refractivity contribution in [1.82, 2.24) is 0 Å². The summed E-state index contributed by atoms with van der Waals surface area (Å²) in [6.45, 7) is 3.91. The number of anilines is 1. The highest BCUT2D eigenvalue weighted by Gasteiger charge is 2.15. The summed E-state index contributed by atoms with van der Waals surface area (Å²) in [4.78, 5) is 0. The maximum absolute atomic E-state index is 5.56. The third-order valence-corrected chi connectivity index (χ3v) is 3.32. The number of halogens is 1.